The summed E-state index contributed by atoms with van der Waals surface area (Å²) in [5, 5.41) is 7.75. The molecule has 10 nitrogen and oxygen atoms in total. The Morgan fingerprint density at radius 3 is 2.48 bits per heavy atom. The number of halogens is 1. The Morgan fingerprint density at radius 2 is 1.88 bits per heavy atom. The Kier molecular flexibility index (Phi) is 7.48. The molecule has 33 heavy (non-hydrogen) atoms. The number of nitrogens with zero attached hydrogens (tertiary/aromatic N) is 3. The molecule has 1 unspecified atom stereocenters. The van der Waals surface area contributed by atoms with Gasteiger partial charge in [-0.15, -0.1) is 0 Å². The normalized spacial score (nSPS) is 16.5. The van der Waals surface area contributed by atoms with Gasteiger partial charge < -0.3 is 21.1 Å². The number of hydrogen-bond acceptors (Lipinski definition) is 7. The number of cyclic esters (lactones) is 1. The van der Waals surface area contributed by atoms with Crippen LogP contribution in [-0.4, -0.2) is 75.9 Å². The van der Waals surface area contributed by atoms with Gasteiger partial charge in [0.25, 0.3) is 0 Å². The summed E-state index contributed by atoms with van der Waals surface area (Å²) in [4.78, 5) is 15.8. The maximum absolute atomic E-state index is 12.8. The van der Waals surface area contributed by atoms with Gasteiger partial charge in [-0.25, -0.2) is 13.2 Å². The fourth-order valence-electron chi connectivity index (χ4n) is 3.38. The first-order valence-corrected chi connectivity index (χ1v) is 11.9. The van der Waals surface area contributed by atoms with Crippen LogP contribution in [0.4, 0.5) is 16.2 Å². The predicted molar refractivity (Wildman–Crippen MR) is 128 cm³/mol. The third-order valence-corrected chi connectivity index (χ3v) is 7.55. The molecule has 5 N–H and O–H groups in total. The quantitative estimate of drug-likeness (QED) is 0.273. The highest BCUT2D eigenvalue weighted by atomic mass is 35.5. The third-order valence-electron chi connectivity index (χ3n) is 5.35. The molecule has 0 spiro atoms. The summed E-state index contributed by atoms with van der Waals surface area (Å²) in [6.07, 6.45) is -0.822. The second-order valence-corrected chi connectivity index (χ2v) is 10.3. The van der Waals surface area contributed by atoms with Crippen molar-refractivity contribution in [1.29, 1.82) is 5.41 Å². The SMILES string of the molecule is CN(CCN(C)S(=O)(=O)c1ccc(Cl)c(N)c1)CC1CN(c2ccc(C(=N)N)cc2)C(=O)O1. The Hall–Kier alpha value is -2.86. The van der Waals surface area contributed by atoms with Crippen molar-refractivity contribution in [3.8, 4) is 0 Å². The molecule has 1 aliphatic rings. The Morgan fingerprint density at radius 1 is 1.21 bits per heavy atom. The summed E-state index contributed by atoms with van der Waals surface area (Å²) < 4.78 is 32.3. The minimum atomic E-state index is -3.71. The molecule has 0 bridgehead atoms. The van der Waals surface area contributed by atoms with E-state index >= 15 is 0 Å². The summed E-state index contributed by atoms with van der Waals surface area (Å²) >= 11 is 5.88. The minimum absolute atomic E-state index is 0.0448. The molecule has 178 valence electrons. The van der Waals surface area contributed by atoms with Crippen LogP contribution < -0.4 is 16.4 Å². The van der Waals surface area contributed by atoms with Gasteiger partial charge in [0.05, 0.1) is 22.2 Å². The van der Waals surface area contributed by atoms with E-state index in [1.165, 1.54) is 34.5 Å². The number of carbonyl (C=O) groups is 1. The first-order valence-electron chi connectivity index (χ1n) is 10.1. The van der Waals surface area contributed by atoms with Crippen molar-refractivity contribution in [2.75, 3.05) is 50.9 Å². The Labute approximate surface area is 198 Å². The van der Waals surface area contributed by atoms with Crippen LogP contribution in [0.3, 0.4) is 0 Å². The van der Waals surface area contributed by atoms with Crippen LogP contribution in [0.5, 0.6) is 0 Å². The van der Waals surface area contributed by atoms with Crippen LogP contribution in [-0.2, 0) is 14.8 Å². The molecule has 1 amide bonds. The smallest absolute Gasteiger partial charge is 0.414 e. The van der Waals surface area contributed by atoms with Gasteiger partial charge in [0.2, 0.25) is 10.0 Å². The Bertz CT molecular complexity index is 1140. The standard InChI is InChI=1S/C21H27ClN6O4S/c1-26(9-10-27(2)33(30,31)17-7-8-18(22)19(23)11-17)12-16-13-28(21(29)32-16)15-5-3-14(4-6-15)20(24)25/h3-8,11,16H,9-10,12-13,23H2,1-2H3,(H3,24,25). The van der Waals surface area contributed by atoms with E-state index in [1.807, 2.05) is 11.9 Å². The summed E-state index contributed by atoms with van der Waals surface area (Å²) in [6.45, 7) is 1.47. The number of ether oxygens (including phenoxy) is 1. The molecule has 2 aromatic rings. The topological polar surface area (TPSA) is 146 Å². The van der Waals surface area contributed by atoms with Crippen molar-refractivity contribution in [3.63, 3.8) is 0 Å². The van der Waals surface area contributed by atoms with Crippen LogP contribution in [0.25, 0.3) is 0 Å². The fourth-order valence-corrected chi connectivity index (χ4v) is 4.70. The monoisotopic (exact) mass is 494 g/mol. The van der Waals surface area contributed by atoms with Crippen molar-refractivity contribution in [2.24, 2.45) is 5.73 Å². The van der Waals surface area contributed by atoms with E-state index in [9.17, 15) is 13.2 Å². The molecular formula is C21H27ClN6O4S. The van der Waals surface area contributed by atoms with Crippen LogP contribution >= 0.6 is 11.6 Å². The highest BCUT2D eigenvalue weighted by Gasteiger charge is 2.33. The van der Waals surface area contributed by atoms with Crippen LogP contribution in [0.15, 0.2) is 47.4 Å². The predicted octanol–water partition coefficient (Wildman–Crippen LogP) is 1.78. The molecule has 2 aromatic carbocycles. The van der Waals surface area contributed by atoms with E-state index in [-0.39, 0.29) is 29.1 Å². The van der Waals surface area contributed by atoms with E-state index in [0.29, 0.717) is 35.9 Å². The zero-order valence-corrected chi connectivity index (χ0v) is 19.9. The number of amides is 1. The van der Waals surface area contributed by atoms with Gasteiger partial charge in [-0.2, -0.15) is 4.31 Å². The van der Waals surface area contributed by atoms with Gasteiger partial charge in [0, 0.05) is 37.9 Å². The summed E-state index contributed by atoms with van der Waals surface area (Å²) in [6, 6.07) is 11.0. The molecule has 1 fully saturated rings. The van der Waals surface area contributed by atoms with E-state index < -0.39 is 16.1 Å². The molecular weight excluding hydrogens is 468 g/mol. The average molecular weight is 495 g/mol. The van der Waals surface area contributed by atoms with E-state index in [0.717, 1.165) is 0 Å². The van der Waals surface area contributed by atoms with Crippen LogP contribution in [0.2, 0.25) is 5.02 Å². The lowest BCUT2D eigenvalue weighted by Crippen LogP contribution is -2.38. The molecule has 1 aliphatic heterocycles. The summed E-state index contributed by atoms with van der Waals surface area (Å²) in [5.41, 5.74) is 12.6. The number of hydrogen-bond donors (Lipinski definition) is 3. The van der Waals surface area contributed by atoms with Gasteiger partial charge in [-0.1, -0.05) is 11.6 Å². The zero-order chi connectivity index (χ0) is 24.3. The maximum Gasteiger partial charge on any atom is 0.414 e. The number of anilines is 2. The second-order valence-electron chi connectivity index (χ2n) is 7.85. The van der Waals surface area contributed by atoms with Crippen molar-refractivity contribution >= 4 is 44.9 Å². The number of rotatable bonds is 9. The molecule has 12 heteroatoms. The molecule has 1 saturated heterocycles. The summed E-state index contributed by atoms with van der Waals surface area (Å²) in [7, 11) is -0.386. The van der Waals surface area contributed by atoms with Gasteiger partial charge in [-0.05, 0) is 49.5 Å². The molecule has 0 aliphatic carbocycles. The van der Waals surface area contributed by atoms with Crippen molar-refractivity contribution in [3.05, 3.63) is 53.1 Å². The molecule has 0 aromatic heterocycles. The largest absolute Gasteiger partial charge is 0.443 e. The van der Waals surface area contributed by atoms with Gasteiger partial charge in [0.15, 0.2) is 0 Å². The number of sulfonamides is 1. The second kappa shape index (κ2) is 9.96. The lowest BCUT2D eigenvalue weighted by atomic mass is 10.2. The van der Waals surface area contributed by atoms with E-state index in [4.69, 9.17) is 33.2 Å². The number of nitrogens with two attached hydrogens (primary N) is 2. The zero-order valence-electron chi connectivity index (χ0n) is 18.4. The van der Waals surface area contributed by atoms with E-state index in [2.05, 4.69) is 0 Å². The number of benzene rings is 2. The minimum Gasteiger partial charge on any atom is -0.443 e. The van der Waals surface area contributed by atoms with E-state index in [1.54, 1.807) is 24.3 Å². The average Bonchev–Trinajstić information content (AvgIpc) is 3.13. The van der Waals surface area contributed by atoms with Gasteiger partial charge >= 0.3 is 6.09 Å². The highest BCUT2D eigenvalue weighted by Crippen LogP contribution is 2.24. The summed E-state index contributed by atoms with van der Waals surface area (Å²) in [5.74, 6) is -0.0448. The molecule has 3 rings (SSSR count). The molecule has 1 atom stereocenters. The third kappa shape index (κ3) is 5.74. The van der Waals surface area contributed by atoms with Crippen LogP contribution in [0, 0.1) is 5.41 Å². The molecule has 0 saturated carbocycles. The van der Waals surface area contributed by atoms with Crippen molar-refractivity contribution < 1.29 is 17.9 Å². The molecule has 0 radical (unpaired) electrons. The Balaban J connectivity index is 1.54. The maximum atomic E-state index is 12.8. The number of nitrogens with one attached hydrogen (secondary N) is 1. The number of amidine groups is 1. The van der Waals surface area contributed by atoms with Gasteiger partial charge in [-0.3, -0.25) is 10.3 Å². The number of likely N-dealkylation sites (N-methyl/N-ethyl adjacent to an activating group) is 2. The van der Waals surface area contributed by atoms with Crippen LogP contribution in [0.1, 0.15) is 5.56 Å². The lowest BCUT2D eigenvalue weighted by molar-refractivity contribution is 0.116. The fraction of sp³-hybridized carbons (Fsp3) is 0.333. The molecule has 1 heterocycles. The van der Waals surface area contributed by atoms with Crippen molar-refractivity contribution in [1.82, 2.24) is 9.21 Å². The highest BCUT2D eigenvalue weighted by molar-refractivity contribution is 7.89. The number of carbonyl (C=O) groups excluding carboxylic acids is 1. The van der Waals surface area contributed by atoms with Crippen molar-refractivity contribution in [2.45, 2.75) is 11.0 Å². The lowest BCUT2D eigenvalue weighted by Gasteiger charge is -2.23. The number of nitrogen functional groups attached to an aromatic ring is 2. The van der Waals surface area contributed by atoms with Gasteiger partial charge in [0.1, 0.15) is 11.9 Å². The first kappa shape index (κ1) is 24.8. The first-order chi connectivity index (χ1) is 15.5.